The van der Waals surface area contributed by atoms with Crippen molar-refractivity contribution < 1.29 is 29.3 Å². The summed E-state index contributed by atoms with van der Waals surface area (Å²) in [7, 11) is 0. The number of Topliss-reactive ketones (excluding diaryl/α,β-unsaturated/α-hetero) is 1. The Morgan fingerprint density at radius 2 is 1.96 bits per heavy atom. The summed E-state index contributed by atoms with van der Waals surface area (Å²) < 4.78 is 11.8. The Morgan fingerprint density at radius 3 is 2.58 bits per heavy atom. The zero-order chi connectivity index (χ0) is 19.6. The molecule has 0 amide bonds. The minimum absolute atomic E-state index is 0.0389. The molecule has 3 unspecified atom stereocenters. The van der Waals surface area contributed by atoms with Crippen LogP contribution in [0.15, 0.2) is 11.6 Å². The van der Waals surface area contributed by atoms with E-state index in [4.69, 9.17) is 14.6 Å². The van der Waals surface area contributed by atoms with Crippen LogP contribution in [-0.2, 0) is 19.1 Å². The number of rotatable bonds is 9. The second kappa shape index (κ2) is 7.79. The Balaban J connectivity index is 1.89. The van der Waals surface area contributed by atoms with E-state index in [0.29, 0.717) is 25.7 Å². The average molecular weight is 368 g/mol. The van der Waals surface area contributed by atoms with E-state index in [9.17, 15) is 14.7 Å². The molecule has 26 heavy (non-hydrogen) atoms. The first-order valence-corrected chi connectivity index (χ1v) is 9.45. The van der Waals surface area contributed by atoms with Gasteiger partial charge in [-0.25, -0.2) is 0 Å². The van der Waals surface area contributed by atoms with Gasteiger partial charge in [-0.1, -0.05) is 18.6 Å². The number of carboxylic acid groups (broad SMARTS) is 1. The minimum atomic E-state index is -1.46. The molecule has 2 aliphatic heterocycles. The maximum absolute atomic E-state index is 12.1. The molecule has 0 saturated carbocycles. The van der Waals surface area contributed by atoms with Crippen LogP contribution in [0.3, 0.4) is 0 Å². The fraction of sp³-hybridized carbons (Fsp3) is 0.800. The van der Waals surface area contributed by atoms with Crippen LogP contribution in [0.1, 0.15) is 72.6 Å². The lowest BCUT2D eigenvalue weighted by Gasteiger charge is -2.48. The first-order valence-electron chi connectivity index (χ1n) is 9.45. The first-order chi connectivity index (χ1) is 12.0. The number of carbonyl (C=O) groups is 2. The fourth-order valence-corrected chi connectivity index (χ4v) is 3.87. The lowest BCUT2D eigenvalue weighted by Crippen LogP contribution is -2.61. The van der Waals surface area contributed by atoms with E-state index in [1.54, 1.807) is 0 Å². The highest BCUT2D eigenvalue weighted by Gasteiger charge is 2.63. The zero-order valence-electron chi connectivity index (χ0n) is 16.3. The van der Waals surface area contributed by atoms with Crippen LogP contribution in [0.5, 0.6) is 0 Å². The van der Waals surface area contributed by atoms with Crippen LogP contribution in [-0.4, -0.2) is 45.6 Å². The molecule has 2 aliphatic rings. The maximum Gasteiger partial charge on any atom is 0.306 e. The molecule has 0 aromatic rings. The van der Waals surface area contributed by atoms with Crippen molar-refractivity contribution >= 4 is 11.8 Å². The van der Waals surface area contributed by atoms with Crippen molar-refractivity contribution in [2.75, 3.05) is 6.61 Å². The molecule has 6 nitrogen and oxygen atoms in total. The third-order valence-electron chi connectivity index (χ3n) is 5.81. The molecule has 6 heteroatoms. The molecule has 2 rings (SSSR count). The standard InChI is InChI=1S/C20H32O6/c1-14(2)7-8-16(21)15(3)6-5-9-18(4)20(24)11-10-19(26-20,13-25-18)12-17(22)23/h7,15,24H,5-6,8-13H2,1-4H3,(H,22,23)/t15?,18-,19?,20?/m0/s1. The second-order valence-corrected chi connectivity index (χ2v) is 8.40. The van der Waals surface area contributed by atoms with Gasteiger partial charge in [0.15, 0.2) is 5.79 Å². The predicted molar refractivity (Wildman–Crippen MR) is 96.7 cm³/mol. The number of ether oxygens (including phenoxy) is 2. The molecular formula is C20H32O6. The van der Waals surface area contributed by atoms with Crippen LogP contribution < -0.4 is 0 Å². The number of aliphatic hydroxyl groups is 1. The van der Waals surface area contributed by atoms with Gasteiger partial charge in [-0.15, -0.1) is 0 Å². The number of carbonyl (C=O) groups excluding carboxylic acids is 1. The van der Waals surface area contributed by atoms with Gasteiger partial charge in [0.25, 0.3) is 0 Å². The second-order valence-electron chi connectivity index (χ2n) is 8.40. The van der Waals surface area contributed by atoms with Crippen LogP contribution in [0.25, 0.3) is 0 Å². The maximum atomic E-state index is 12.1. The molecule has 0 spiro atoms. The average Bonchev–Trinajstić information content (AvgIpc) is 2.84. The largest absolute Gasteiger partial charge is 0.481 e. The van der Waals surface area contributed by atoms with E-state index in [1.165, 1.54) is 0 Å². The quantitative estimate of drug-likeness (QED) is 0.607. The Bertz CT molecular complexity index is 581. The third-order valence-corrected chi connectivity index (χ3v) is 5.81. The van der Waals surface area contributed by atoms with Crippen molar-refractivity contribution in [3.63, 3.8) is 0 Å². The van der Waals surface area contributed by atoms with Crippen molar-refractivity contribution in [1.82, 2.24) is 0 Å². The van der Waals surface area contributed by atoms with E-state index < -0.39 is 23.0 Å². The van der Waals surface area contributed by atoms with E-state index >= 15 is 0 Å². The molecule has 2 fully saturated rings. The summed E-state index contributed by atoms with van der Waals surface area (Å²) in [6.07, 6.45) is 5.10. The molecule has 148 valence electrons. The molecule has 2 bridgehead atoms. The summed E-state index contributed by atoms with van der Waals surface area (Å²) in [6.45, 7) is 7.88. The van der Waals surface area contributed by atoms with Crippen molar-refractivity contribution in [3.05, 3.63) is 11.6 Å². The molecule has 2 N–H and O–H groups in total. The van der Waals surface area contributed by atoms with Crippen molar-refractivity contribution in [2.24, 2.45) is 5.92 Å². The van der Waals surface area contributed by atoms with Crippen LogP contribution >= 0.6 is 0 Å². The zero-order valence-corrected chi connectivity index (χ0v) is 16.3. The molecule has 0 radical (unpaired) electrons. The highest BCUT2D eigenvalue weighted by atomic mass is 16.7. The number of carboxylic acids is 1. The minimum Gasteiger partial charge on any atom is -0.481 e. The summed E-state index contributed by atoms with van der Waals surface area (Å²) in [4.78, 5) is 23.2. The van der Waals surface area contributed by atoms with Gasteiger partial charge in [0.1, 0.15) is 17.0 Å². The van der Waals surface area contributed by atoms with Gasteiger partial charge in [-0.05, 0) is 46.5 Å². The van der Waals surface area contributed by atoms with Crippen molar-refractivity contribution in [3.8, 4) is 0 Å². The Kier molecular flexibility index (Phi) is 6.31. The number of hydrogen-bond acceptors (Lipinski definition) is 5. The topological polar surface area (TPSA) is 93.1 Å². The summed E-state index contributed by atoms with van der Waals surface area (Å²) >= 11 is 0. The van der Waals surface area contributed by atoms with Gasteiger partial charge in [0, 0.05) is 18.8 Å². The van der Waals surface area contributed by atoms with Crippen molar-refractivity contribution in [1.29, 1.82) is 0 Å². The summed E-state index contributed by atoms with van der Waals surface area (Å²) in [5.74, 6) is -2.24. The predicted octanol–water partition coefficient (Wildman–Crippen LogP) is 3.22. The summed E-state index contributed by atoms with van der Waals surface area (Å²) in [5.41, 5.74) is -0.666. The van der Waals surface area contributed by atoms with Gasteiger partial charge in [-0.2, -0.15) is 0 Å². The van der Waals surface area contributed by atoms with Gasteiger partial charge in [0.2, 0.25) is 0 Å². The molecule has 2 saturated heterocycles. The number of fused-ring (bicyclic) bond motifs is 2. The Hall–Kier alpha value is -1.24. The number of hydrogen-bond donors (Lipinski definition) is 2. The van der Waals surface area contributed by atoms with E-state index in [1.807, 2.05) is 33.8 Å². The smallest absolute Gasteiger partial charge is 0.306 e. The van der Waals surface area contributed by atoms with Crippen LogP contribution in [0, 0.1) is 5.92 Å². The van der Waals surface area contributed by atoms with Crippen LogP contribution in [0.2, 0.25) is 0 Å². The normalized spacial score (nSPS) is 34.3. The molecule has 0 aromatic carbocycles. The lowest BCUT2D eigenvalue weighted by atomic mass is 9.85. The third kappa shape index (κ3) is 4.53. The van der Waals surface area contributed by atoms with Crippen molar-refractivity contribution in [2.45, 2.75) is 89.6 Å². The molecule has 4 atom stereocenters. The van der Waals surface area contributed by atoms with E-state index in [2.05, 4.69) is 0 Å². The Labute approximate surface area is 155 Å². The molecule has 0 aliphatic carbocycles. The van der Waals surface area contributed by atoms with Crippen LogP contribution in [0.4, 0.5) is 0 Å². The summed E-state index contributed by atoms with van der Waals surface area (Å²) in [6, 6.07) is 0. The molecular weight excluding hydrogens is 336 g/mol. The van der Waals surface area contributed by atoms with E-state index in [0.717, 1.165) is 18.4 Å². The van der Waals surface area contributed by atoms with Gasteiger partial charge < -0.3 is 19.7 Å². The Morgan fingerprint density at radius 1 is 1.27 bits per heavy atom. The monoisotopic (exact) mass is 368 g/mol. The van der Waals surface area contributed by atoms with Gasteiger partial charge >= 0.3 is 5.97 Å². The highest BCUT2D eigenvalue weighted by Crippen LogP contribution is 2.51. The summed E-state index contributed by atoms with van der Waals surface area (Å²) in [5, 5.41) is 20.0. The highest BCUT2D eigenvalue weighted by molar-refractivity contribution is 5.82. The number of ketones is 1. The number of allylic oxidation sites excluding steroid dienone is 2. The van der Waals surface area contributed by atoms with Gasteiger partial charge in [0.05, 0.1) is 13.0 Å². The molecule has 0 aromatic heterocycles. The van der Waals surface area contributed by atoms with Gasteiger partial charge in [-0.3, -0.25) is 9.59 Å². The number of aliphatic carboxylic acids is 1. The molecule has 2 heterocycles. The SMILES string of the molecule is CC(C)=CCC(=O)C(C)CCC[C@]1(C)OCC2(CC(=O)O)CCC1(O)O2. The fourth-order valence-electron chi connectivity index (χ4n) is 3.87. The lowest BCUT2D eigenvalue weighted by molar-refractivity contribution is -0.364. The first kappa shape index (κ1) is 21.1. The van der Waals surface area contributed by atoms with E-state index in [-0.39, 0.29) is 24.7 Å².